The highest BCUT2D eigenvalue weighted by molar-refractivity contribution is 7.66. The van der Waals surface area contributed by atoms with Crippen LogP contribution in [0.15, 0.2) is 42.9 Å². The van der Waals surface area contributed by atoms with Gasteiger partial charge in [-0.05, 0) is 86.8 Å². The Morgan fingerprint density at radius 1 is 0.903 bits per heavy atom. The van der Waals surface area contributed by atoms with Crippen molar-refractivity contribution in [3.05, 3.63) is 104 Å². The number of nitrogen functional groups attached to an aromatic ring is 1. The highest BCUT2D eigenvalue weighted by atomic mass is 31.3. The summed E-state index contributed by atoms with van der Waals surface area (Å²) in [5, 5.41) is 18.4. The molecule has 22 nitrogen and oxygen atoms in total. The smallest absolute Gasteiger partial charge is 0.490 e. The number of nitrogens with two attached hydrogens (primary N) is 1. The van der Waals surface area contributed by atoms with Crippen LogP contribution in [0.2, 0.25) is 0 Å². The molecule has 2 unspecified atom stereocenters. The number of hydrogen-bond donors (Lipinski definition) is 6. The lowest BCUT2D eigenvalue weighted by atomic mass is 9.81. The van der Waals surface area contributed by atoms with Crippen molar-refractivity contribution in [3.8, 4) is 23.3 Å². The molecule has 1 fully saturated rings. The number of benzene rings is 3. The molecule has 3 aromatic carbocycles. The van der Waals surface area contributed by atoms with Crippen molar-refractivity contribution in [1.82, 2.24) is 24.4 Å². The quantitative estimate of drug-likeness (QED) is 0.0583. The number of nitrogens with one attached hydrogen (secondary N) is 1. The van der Waals surface area contributed by atoms with Crippen molar-refractivity contribution in [2.45, 2.75) is 76.5 Å². The number of nitrogens with zero attached hydrogens (tertiary/aromatic N) is 5. The van der Waals surface area contributed by atoms with Crippen LogP contribution in [0.5, 0.6) is 11.5 Å². The third-order valence-corrected chi connectivity index (χ3v) is 17.7. The number of carbonyl (C=O) groups excluding carboxylic acids is 2. The van der Waals surface area contributed by atoms with Gasteiger partial charge in [0.2, 0.25) is 5.36 Å². The number of ether oxygens (including phenoxy) is 2. The van der Waals surface area contributed by atoms with E-state index in [1.807, 2.05) is 0 Å². The van der Waals surface area contributed by atoms with Crippen molar-refractivity contribution in [1.29, 1.82) is 0 Å². The average molecular weight is 1040 g/mol. The molecular weight excluding hydrogens is 995 g/mol. The van der Waals surface area contributed by atoms with Crippen LogP contribution in [0.4, 0.5) is 11.5 Å². The van der Waals surface area contributed by atoms with Gasteiger partial charge >= 0.3 is 23.5 Å². The summed E-state index contributed by atoms with van der Waals surface area (Å²) in [6, 6.07) is 8.86. The highest BCUT2D eigenvalue weighted by Crippen LogP contribution is 2.66. The number of aryl methyl sites for hydroxylation is 2. The summed E-state index contributed by atoms with van der Waals surface area (Å²) in [5.41, 5.74) is 15.0. The second-order valence-corrected chi connectivity index (χ2v) is 22.9. The lowest BCUT2D eigenvalue weighted by Crippen LogP contribution is -2.45. The van der Waals surface area contributed by atoms with Crippen LogP contribution in [0, 0.1) is 11.8 Å². The highest BCUT2D eigenvalue weighted by Gasteiger charge is 2.42. The Kier molecular flexibility index (Phi) is 12.5. The van der Waals surface area contributed by atoms with Crippen molar-refractivity contribution in [2.75, 3.05) is 50.0 Å². The number of carboxylic acids is 1. The summed E-state index contributed by atoms with van der Waals surface area (Å²) in [4.78, 5) is 75.1. The molecule has 6 aliphatic rings. The Morgan fingerprint density at radius 3 is 2.46 bits per heavy atom. The Morgan fingerprint density at radius 2 is 1.67 bits per heavy atom. The molecule has 0 spiro atoms. The molecule has 4 atom stereocenters. The van der Waals surface area contributed by atoms with Crippen LogP contribution in [-0.2, 0) is 57.3 Å². The average Bonchev–Trinajstić information content (AvgIpc) is 3.96. The van der Waals surface area contributed by atoms with E-state index in [0.717, 1.165) is 111 Å². The van der Waals surface area contributed by atoms with Crippen LogP contribution in [0.3, 0.4) is 0 Å². The van der Waals surface area contributed by atoms with Gasteiger partial charge in [0.1, 0.15) is 48.6 Å². The molecule has 1 amide bonds. The van der Waals surface area contributed by atoms with E-state index in [-0.39, 0.29) is 29.9 Å². The van der Waals surface area contributed by atoms with Gasteiger partial charge < -0.3 is 59.5 Å². The first-order chi connectivity index (χ1) is 34.4. The standard InChI is InChI=1S/C47H48N7O15P3/c48-44-38-29(23-54(45(38)51-25-50-44)37-14-12-30(66-37)24-65-71(61,62)69-72(63,64)68-70(58,59)60)6-1-15-49-46(55)28-11-13-31(47(56)57)34(22-28)39-35-20-26-7-2-16-52-18-4-9-32(40(26)52)42(35)67-43-33-10-5-19-53-17-3-8-27(41(33)53)21-36(39)43/h11,13,20-23,25,30,37H,2-5,7-10,12,14-19,24H2,(H7-,48,49,50,51,55,56,57,58,59,60,61,62,63,64)/t30-,37+/m0/s1. The number of phosphoric ester groups is 1. The molecule has 376 valence electrons. The van der Waals surface area contributed by atoms with Crippen LogP contribution < -0.4 is 40.9 Å². The van der Waals surface area contributed by atoms with E-state index >= 15 is 0 Å². The van der Waals surface area contributed by atoms with Crippen LogP contribution in [0.25, 0.3) is 16.6 Å². The molecule has 0 radical (unpaired) electrons. The lowest BCUT2D eigenvalue weighted by Gasteiger charge is -2.39. The van der Waals surface area contributed by atoms with Gasteiger partial charge in [0.05, 0.1) is 41.7 Å². The van der Waals surface area contributed by atoms with Gasteiger partial charge in [-0.1, -0.05) is 17.9 Å². The van der Waals surface area contributed by atoms with Crippen molar-refractivity contribution < 1.29 is 70.6 Å². The van der Waals surface area contributed by atoms with Gasteiger partial charge in [0.25, 0.3) is 5.91 Å². The molecule has 6 aliphatic heterocycles. The second-order valence-electron chi connectivity index (χ2n) is 18.5. The molecule has 25 heteroatoms. The monoisotopic (exact) mass is 1040 g/mol. The van der Waals surface area contributed by atoms with Gasteiger partial charge in [0.15, 0.2) is 0 Å². The number of aromatic carboxylic acids is 1. The Hall–Kier alpha value is -5.78. The van der Waals surface area contributed by atoms with Crippen LogP contribution in [0.1, 0.15) is 104 Å². The van der Waals surface area contributed by atoms with E-state index in [4.69, 9.17) is 29.5 Å². The first-order valence-corrected chi connectivity index (χ1v) is 28.0. The minimum atomic E-state index is -5.70. The van der Waals surface area contributed by atoms with Gasteiger partial charge in [-0.25, -0.2) is 28.2 Å². The summed E-state index contributed by atoms with van der Waals surface area (Å²) < 4.78 is 64.6. The topological polar surface area (TPSA) is 310 Å². The van der Waals surface area contributed by atoms with E-state index in [0.29, 0.717) is 34.2 Å². The van der Waals surface area contributed by atoms with Crippen molar-refractivity contribution in [2.24, 2.45) is 0 Å². The summed E-state index contributed by atoms with van der Waals surface area (Å²) in [6.45, 7) is 3.13. The fourth-order valence-electron chi connectivity index (χ4n) is 11.2. The maximum Gasteiger partial charge on any atom is 0.490 e. The number of phosphoric acid groups is 3. The molecule has 1 saturated heterocycles. The Labute approximate surface area is 410 Å². The molecule has 5 aromatic rings. The number of fused-ring (bicyclic) bond motifs is 5. The fourth-order valence-corrected chi connectivity index (χ4v) is 14.2. The maximum atomic E-state index is 14.1. The molecule has 0 bridgehead atoms. The molecule has 7 N–H and O–H groups in total. The summed E-state index contributed by atoms with van der Waals surface area (Å²) in [5.74, 6) is 5.73. The number of rotatable bonds is 12. The second kappa shape index (κ2) is 18.6. The molecule has 11 rings (SSSR count). The van der Waals surface area contributed by atoms with Crippen molar-refractivity contribution >= 4 is 63.5 Å². The van der Waals surface area contributed by atoms with E-state index in [9.17, 15) is 38.2 Å². The predicted octanol–water partition coefficient (Wildman–Crippen LogP) is 2.61. The Balaban J connectivity index is 0.879. The zero-order chi connectivity index (χ0) is 50.3. The third kappa shape index (κ3) is 9.18. The number of hydrogen-bond acceptors (Lipinski definition) is 15. The van der Waals surface area contributed by atoms with E-state index in [1.54, 1.807) is 16.8 Å². The maximum absolute atomic E-state index is 14.1. The van der Waals surface area contributed by atoms with Crippen molar-refractivity contribution in [3.63, 3.8) is 0 Å². The van der Waals surface area contributed by atoms with Gasteiger partial charge in [0, 0.05) is 76.4 Å². The van der Waals surface area contributed by atoms with Crippen LogP contribution >= 0.6 is 23.5 Å². The molecule has 8 heterocycles. The van der Waals surface area contributed by atoms with Gasteiger partial charge in [-0.3, -0.25) is 9.32 Å². The number of aromatic nitrogens is 3. The normalized spacial score (nSPS) is 20.5. The number of carboxylic acid groups (broad SMARTS) is 1. The molecule has 0 saturated carbocycles. The fraction of sp³-hybridized carbons (Fsp3) is 0.383. The largest absolute Gasteiger partial charge is 0.545 e. The first kappa shape index (κ1) is 48.5. The minimum absolute atomic E-state index is 0.0471. The lowest BCUT2D eigenvalue weighted by molar-refractivity contribution is -0.255. The molecular formula is C47H48N7O15P3. The Bertz CT molecular complexity index is 3510. The third-order valence-electron chi connectivity index (χ3n) is 13.9. The van der Waals surface area contributed by atoms with E-state index in [2.05, 4.69) is 57.4 Å². The summed E-state index contributed by atoms with van der Waals surface area (Å²) in [7, 11) is -16.6. The zero-order valence-corrected chi connectivity index (χ0v) is 41.1. The number of carbonyl (C=O) groups is 2. The first-order valence-electron chi connectivity index (χ1n) is 23.5. The summed E-state index contributed by atoms with van der Waals surface area (Å²) >= 11 is 0. The predicted molar refractivity (Wildman–Crippen MR) is 255 cm³/mol. The van der Waals surface area contributed by atoms with E-state index < -0.39 is 54.3 Å². The number of anilines is 2. The SMILES string of the molecule is Nc1ncnc2c1c(C#CCNC(=O)c1ccc(C(=O)[O-])c(C3=c4cc5c6c(c4Oc4c3cc3c7c4CCCN7CCC3)CCC[N+]=6CCC5)c1)cn2[C@H]1CC[C@@H](COP(=O)(O)OP(=O)(O)OP(=O)(O)O)O1. The minimum Gasteiger partial charge on any atom is -0.545 e. The zero-order valence-electron chi connectivity index (χ0n) is 38.4. The van der Waals surface area contributed by atoms with Crippen LogP contribution in [-0.4, -0.2) is 91.4 Å². The summed E-state index contributed by atoms with van der Waals surface area (Å²) in [6.07, 6.45) is 9.24. The number of amides is 1. The molecule has 0 aliphatic carbocycles. The van der Waals surface area contributed by atoms with Gasteiger partial charge in [-0.15, -0.1) is 0 Å². The van der Waals surface area contributed by atoms with Gasteiger partial charge in [-0.2, -0.15) is 8.62 Å². The molecule has 72 heavy (non-hydrogen) atoms. The molecule has 2 aromatic heterocycles. The van der Waals surface area contributed by atoms with E-state index in [1.165, 1.54) is 40.6 Å².